The number of nitriles is 1. The Hall–Kier alpha value is -2.07. The van der Waals surface area contributed by atoms with Crippen LogP contribution in [0.4, 0.5) is 0 Å². The van der Waals surface area contributed by atoms with Gasteiger partial charge in [-0.2, -0.15) is 10.4 Å². The second-order valence-corrected chi connectivity index (χ2v) is 6.47. The van der Waals surface area contributed by atoms with Crippen molar-refractivity contribution in [2.45, 2.75) is 18.9 Å². The number of hydrogen-bond acceptors (Lipinski definition) is 3. The van der Waals surface area contributed by atoms with Gasteiger partial charge in [0.05, 0.1) is 17.1 Å². The third-order valence-electron chi connectivity index (χ3n) is 4.05. The summed E-state index contributed by atoms with van der Waals surface area (Å²) in [7, 11) is 0. The van der Waals surface area contributed by atoms with E-state index >= 15 is 0 Å². The van der Waals surface area contributed by atoms with Crippen molar-refractivity contribution >= 4 is 33.5 Å². The van der Waals surface area contributed by atoms with Crippen molar-refractivity contribution in [1.82, 2.24) is 10.2 Å². The number of nitrogens with zero attached hydrogens (tertiary/aromatic N) is 2. The number of aryl methyl sites for hydroxylation is 1. The molecule has 4 rings (SSSR count). The molecule has 0 saturated heterocycles. The van der Waals surface area contributed by atoms with Crippen LogP contribution in [-0.4, -0.2) is 10.2 Å². The maximum absolute atomic E-state index is 8.99. The zero-order valence-electron chi connectivity index (χ0n) is 11.6. The average molecular weight is 401 g/mol. The molecule has 22 heavy (non-hydrogen) atoms. The number of hydrogen-bond donors (Lipinski definition) is 1. The Kier molecular flexibility index (Phi) is 3.26. The molecule has 1 aliphatic carbocycles. The average Bonchev–Trinajstić information content (AvgIpc) is 3.11. The van der Waals surface area contributed by atoms with Crippen molar-refractivity contribution in [2.24, 2.45) is 0 Å². The van der Waals surface area contributed by atoms with Crippen LogP contribution in [0.3, 0.4) is 0 Å². The van der Waals surface area contributed by atoms with E-state index in [-0.39, 0.29) is 6.10 Å². The van der Waals surface area contributed by atoms with Gasteiger partial charge in [-0.3, -0.25) is 5.10 Å². The van der Waals surface area contributed by atoms with Crippen molar-refractivity contribution in [2.75, 3.05) is 0 Å². The zero-order valence-corrected chi connectivity index (χ0v) is 13.8. The summed E-state index contributed by atoms with van der Waals surface area (Å²) in [4.78, 5) is 0. The first-order valence-corrected chi connectivity index (χ1v) is 8.15. The summed E-state index contributed by atoms with van der Waals surface area (Å²) in [5.41, 5.74) is 4.08. The number of aromatic nitrogens is 2. The number of benzene rings is 2. The van der Waals surface area contributed by atoms with Gasteiger partial charge in [0.15, 0.2) is 0 Å². The Bertz CT molecular complexity index is 910. The molecular formula is C17H12IN3O. The van der Waals surface area contributed by atoms with Crippen molar-refractivity contribution in [1.29, 1.82) is 5.26 Å². The first kappa shape index (κ1) is 13.6. The molecule has 0 spiro atoms. The molecule has 0 radical (unpaired) electrons. The summed E-state index contributed by atoms with van der Waals surface area (Å²) in [6.45, 7) is 0. The van der Waals surface area contributed by atoms with Gasteiger partial charge in [0.1, 0.15) is 15.6 Å². The maximum atomic E-state index is 8.99. The van der Waals surface area contributed by atoms with Crippen molar-refractivity contribution in [3.05, 3.63) is 56.8 Å². The molecule has 0 saturated carbocycles. The highest BCUT2D eigenvalue weighted by atomic mass is 127. The van der Waals surface area contributed by atoms with Gasteiger partial charge in [-0.25, -0.2) is 0 Å². The molecule has 1 aliphatic rings. The lowest BCUT2D eigenvalue weighted by Crippen LogP contribution is -2.03. The van der Waals surface area contributed by atoms with Gasteiger partial charge in [-0.15, -0.1) is 0 Å². The Morgan fingerprint density at radius 3 is 3.05 bits per heavy atom. The summed E-state index contributed by atoms with van der Waals surface area (Å²) in [5.74, 6) is 0.856. The van der Waals surface area contributed by atoms with Crippen molar-refractivity contribution < 1.29 is 4.74 Å². The van der Waals surface area contributed by atoms with Crippen LogP contribution in [0.15, 0.2) is 36.4 Å². The summed E-state index contributed by atoms with van der Waals surface area (Å²) >= 11 is 2.24. The van der Waals surface area contributed by atoms with Gasteiger partial charge in [0, 0.05) is 5.39 Å². The highest BCUT2D eigenvalue weighted by molar-refractivity contribution is 14.1. The van der Waals surface area contributed by atoms with Gasteiger partial charge >= 0.3 is 0 Å². The molecule has 1 aromatic heterocycles. The summed E-state index contributed by atoms with van der Waals surface area (Å²) in [6.07, 6.45) is 1.97. The van der Waals surface area contributed by atoms with E-state index in [0.717, 1.165) is 33.2 Å². The van der Waals surface area contributed by atoms with E-state index in [4.69, 9.17) is 10.00 Å². The molecular weight excluding hydrogens is 389 g/mol. The maximum Gasteiger partial charge on any atom is 0.124 e. The SMILES string of the molecule is N#Cc1ccc2c(c1)CCC2Oc1ccc2n[nH]c(I)c2c1. The largest absolute Gasteiger partial charge is 0.486 e. The molecule has 1 heterocycles. The molecule has 2 aromatic carbocycles. The van der Waals surface area contributed by atoms with Crippen LogP contribution in [0, 0.1) is 15.0 Å². The van der Waals surface area contributed by atoms with Crippen LogP contribution in [0.2, 0.25) is 0 Å². The van der Waals surface area contributed by atoms with Crippen LogP contribution in [0.5, 0.6) is 5.75 Å². The molecule has 3 aromatic rings. The van der Waals surface area contributed by atoms with E-state index in [2.05, 4.69) is 38.9 Å². The topological polar surface area (TPSA) is 61.7 Å². The standard InChI is InChI=1S/C17H12IN3O/c18-17-14-8-12(3-5-15(14)20-21-17)22-16-6-2-11-7-10(9-19)1-4-13(11)16/h1,3-5,7-8,16H,2,6H2,(H,20,21). The quantitative estimate of drug-likeness (QED) is 0.658. The lowest BCUT2D eigenvalue weighted by molar-refractivity contribution is 0.208. The summed E-state index contributed by atoms with van der Waals surface area (Å²) in [5, 5.41) is 17.3. The Morgan fingerprint density at radius 1 is 1.27 bits per heavy atom. The summed E-state index contributed by atoms with van der Waals surface area (Å²) in [6, 6.07) is 14.0. The van der Waals surface area contributed by atoms with E-state index in [1.165, 1.54) is 11.1 Å². The summed E-state index contributed by atoms with van der Waals surface area (Å²) < 4.78 is 7.20. The lowest BCUT2D eigenvalue weighted by Gasteiger charge is -2.15. The highest BCUT2D eigenvalue weighted by Gasteiger charge is 2.24. The number of aromatic amines is 1. The molecule has 4 nitrogen and oxygen atoms in total. The Labute approximate surface area is 141 Å². The van der Waals surface area contributed by atoms with Crippen LogP contribution < -0.4 is 4.74 Å². The molecule has 0 aliphatic heterocycles. The predicted molar refractivity (Wildman–Crippen MR) is 91.7 cm³/mol. The van der Waals surface area contributed by atoms with Gasteiger partial charge in [-0.1, -0.05) is 6.07 Å². The minimum absolute atomic E-state index is 0.0600. The molecule has 5 heteroatoms. The minimum atomic E-state index is 0.0600. The number of H-pyrrole nitrogens is 1. The van der Waals surface area contributed by atoms with Gasteiger partial charge < -0.3 is 4.74 Å². The van der Waals surface area contributed by atoms with Gasteiger partial charge in [0.2, 0.25) is 0 Å². The second kappa shape index (κ2) is 5.29. The number of halogens is 1. The molecule has 1 N–H and O–H groups in total. The normalized spacial score (nSPS) is 16.5. The van der Waals surface area contributed by atoms with E-state index in [1.807, 2.05) is 36.4 Å². The third-order valence-corrected chi connectivity index (χ3v) is 4.87. The highest BCUT2D eigenvalue weighted by Crippen LogP contribution is 2.36. The van der Waals surface area contributed by atoms with Crippen LogP contribution in [0.1, 0.15) is 29.2 Å². The smallest absolute Gasteiger partial charge is 0.124 e. The molecule has 1 unspecified atom stereocenters. The Morgan fingerprint density at radius 2 is 2.18 bits per heavy atom. The number of fused-ring (bicyclic) bond motifs is 2. The zero-order chi connectivity index (χ0) is 15.1. The van der Waals surface area contributed by atoms with E-state index in [1.54, 1.807) is 0 Å². The third kappa shape index (κ3) is 2.24. The van der Waals surface area contributed by atoms with Crippen molar-refractivity contribution in [3.63, 3.8) is 0 Å². The van der Waals surface area contributed by atoms with Gasteiger partial charge in [0.25, 0.3) is 0 Å². The monoisotopic (exact) mass is 401 g/mol. The van der Waals surface area contributed by atoms with Crippen molar-refractivity contribution in [3.8, 4) is 11.8 Å². The van der Waals surface area contributed by atoms with Crippen LogP contribution in [-0.2, 0) is 6.42 Å². The Balaban J connectivity index is 1.64. The fourth-order valence-corrected chi connectivity index (χ4v) is 3.52. The van der Waals surface area contributed by atoms with E-state index in [0.29, 0.717) is 5.56 Å². The van der Waals surface area contributed by atoms with E-state index < -0.39 is 0 Å². The number of ether oxygens (including phenoxy) is 1. The van der Waals surface area contributed by atoms with Crippen LogP contribution in [0.25, 0.3) is 10.9 Å². The van der Waals surface area contributed by atoms with Gasteiger partial charge in [-0.05, 0) is 76.9 Å². The second-order valence-electron chi connectivity index (χ2n) is 5.39. The number of nitrogens with one attached hydrogen (secondary N) is 1. The molecule has 0 bridgehead atoms. The lowest BCUT2D eigenvalue weighted by atomic mass is 10.1. The predicted octanol–water partition coefficient (Wildman–Crippen LogP) is 4.11. The van der Waals surface area contributed by atoms with E-state index in [9.17, 15) is 0 Å². The van der Waals surface area contributed by atoms with Crippen LogP contribution >= 0.6 is 22.6 Å². The first-order chi connectivity index (χ1) is 10.7. The molecule has 1 atom stereocenters. The first-order valence-electron chi connectivity index (χ1n) is 7.08. The molecule has 108 valence electrons. The molecule has 0 fully saturated rings. The fraction of sp³-hybridized carbons (Fsp3) is 0.176. The fourth-order valence-electron chi connectivity index (χ4n) is 2.97. The number of rotatable bonds is 2. The molecule has 0 amide bonds. The minimum Gasteiger partial charge on any atom is -0.486 e.